The van der Waals surface area contributed by atoms with Crippen molar-refractivity contribution in [3.8, 4) is 17.2 Å². The van der Waals surface area contributed by atoms with Gasteiger partial charge in [-0.3, -0.25) is 0 Å². The average Bonchev–Trinajstić information content (AvgIpc) is 2.49. The third-order valence-electron chi connectivity index (χ3n) is 2.73. The molecule has 2 N–H and O–H groups in total. The molecule has 0 aliphatic carbocycles. The van der Waals surface area contributed by atoms with Gasteiger partial charge in [-0.25, -0.2) is 4.79 Å². The van der Waals surface area contributed by atoms with E-state index in [0.29, 0.717) is 17.2 Å². The first-order chi connectivity index (χ1) is 9.63. The summed E-state index contributed by atoms with van der Waals surface area (Å²) in [6.07, 6.45) is 0. The Bertz CT molecular complexity index is 608. The van der Waals surface area contributed by atoms with Gasteiger partial charge in [0.1, 0.15) is 17.2 Å². The Kier molecular flexibility index (Phi) is 4.10. The summed E-state index contributed by atoms with van der Waals surface area (Å²) in [5.74, 6) is 1.38. The minimum Gasteiger partial charge on any atom is -0.497 e. The lowest BCUT2D eigenvalue weighted by atomic mass is 10.1. The molecule has 0 fully saturated rings. The van der Waals surface area contributed by atoms with E-state index in [-0.39, 0.29) is 5.56 Å². The zero-order valence-electron chi connectivity index (χ0n) is 11.3. The average molecular weight is 273 g/mol. The highest BCUT2D eigenvalue weighted by Gasteiger charge is 2.11. The van der Waals surface area contributed by atoms with Crippen molar-refractivity contribution in [1.82, 2.24) is 0 Å². The van der Waals surface area contributed by atoms with E-state index >= 15 is 0 Å². The topological polar surface area (TPSA) is 70.8 Å². The third-order valence-corrected chi connectivity index (χ3v) is 2.73. The minimum atomic E-state index is -0.498. The number of rotatable bonds is 4. The molecule has 2 rings (SSSR count). The Morgan fingerprint density at radius 3 is 2.15 bits per heavy atom. The largest absolute Gasteiger partial charge is 0.497 e. The fourth-order valence-corrected chi connectivity index (χ4v) is 1.67. The van der Waals surface area contributed by atoms with Crippen molar-refractivity contribution in [1.29, 1.82) is 0 Å². The van der Waals surface area contributed by atoms with Gasteiger partial charge in [0, 0.05) is 5.69 Å². The Morgan fingerprint density at radius 2 is 1.55 bits per heavy atom. The summed E-state index contributed by atoms with van der Waals surface area (Å²) in [5.41, 5.74) is 6.35. The summed E-state index contributed by atoms with van der Waals surface area (Å²) >= 11 is 0. The highest BCUT2D eigenvalue weighted by atomic mass is 16.5. The second-order valence-corrected chi connectivity index (χ2v) is 4.02. The molecule has 0 unspecified atom stereocenters. The van der Waals surface area contributed by atoms with Crippen LogP contribution in [0.4, 0.5) is 5.69 Å². The van der Waals surface area contributed by atoms with E-state index in [1.54, 1.807) is 49.6 Å². The quantitative estimate of drug-likeness (QED) is 0.685. The number of carbonyl (C=O) groups is 1. The monoisotopic (exact) mass is 273 g/mol. The van der Waals surface area contributed by atoms with Crippen LogP contribution in [0.5, 0.6) is 17.2 Å². The molecule has 0 aliphatic rings. The summed E-state index contributed by atoms with van der Waals surface area (Å²) in [6, 6.07) is 11.9. The van der Waals surface area contributed by atoms with E-state index in [1.165, 1.54) is 7.11 Å². The zero-order chi connectivity index (χ0) is 14.5. The molecule has 2 aromatic rings. The smallest absolute Gasteiger partial charge is 0.340 e. The maximum absolute atomic E-state index is 11.5. The summed E-state index contributed by atoms with van der Waals surface area (Å²) in [7, 11) is 2.90. The fraction of sp³-hybridized carbons (Fsp3) is 0.133. The van der Waals surface area contributed by atoms with Crippen LogP contribution < -0.4 is 15.2 Å². The predicted octanol–water partition coefficient (Wildman–Crippen LogP) is 2.86. The fourth-order valence-electron chi connectivity index (χ4n) is 1.67. The van der Waals surface area contributed by atoms with Crippen LogP contribution in [0.2, 0.25) is 0 Å². The van der Waals surface area contributed by atoms with Crippen LogP contribution in [0, 0.1) is 0 Å². The first-order valence-corrected chi connectivity index (χ1v) is 5.94. The van der Waals surface area contributed by atoms with Gasteiger partial charge in [-0.1, -0.05) is 0 Å². The first kappa shape index (κ1) is 13.7. The molecule has 5 nitrogen and oxygen atoms in total. The van der Waals surface area contributed by atoms with Gasteiger partial charge in [0.15, 0.2) is 0 Å². The number of nitrogens with two attached hydrogens (primary N) is 1. The molecular formula is C15H15NO4. The maximum Gasteiger partial charge on any atom is 0.340 e. The SMILES string of the molecule is COC(=O)c1cc(Oc2ccc(OC)cc2)ccc1N. The molecule has 0 atom stereocenters. The normalized spacial score (nSPS) is 9.90. The number of methoxy groups -OCH3 is 2. The Hall–Kier alpha value is -2.69. The molecule has 0 aliphatic heterocycles. The predicted molar refractivity (Wildman–Crippen MR) is 75.3 cm³/mol. The van der Waals surface area contributed by atoms with Crippen molar-refractivity contribution >= 4 is 11.7 Å². The Morgan fingerprint density at radius 1 is 0.950 bits per heavy atom. The van der Waals surface area contributed by atoms with Gasteiger partial charge in [0.05, 0.1) is 19.8 Å². The number of ether oxygens (including phenoxy) is 3. The second-order valence-electron chi connectivity index (χ2n) is 4.02. The van der Waals surface area contributed by atoms with E-state index in [0.717, 1.165) is 5.75 Å². The molecule has 0 bridgehead atoms. The van der Waals surface area contributed by atoms with E-state index in [1.807, 2.05) is 0 Å². The van der Waals surface area contributed by atoms with E-state index in [9.17, 15) is 4.79 Å². The van der Waals surface area contributed by atoms with Crippen LogP contribution in [0.1, 0.15) is 10.4 Å². The molecule has 104 valence electrons. The molecular weight excluding hydrogens is 258 g/mol. The van der Waals surface area contributed by atoms with Gasteiger partial charge in [0.2, 0.25) is 0 Å². The van der Waals surface area contributed by atoms with Crippen molar-refractivity contribution in [2.24, 2.45) is 0 Å². The Balaban J connectivity index is 2.22. The molecule has 2 aromatic carbocycles. The minimum absolute atomic E-state index is 0.276. The highest BCUT2D eigenvalue weighted by Crippen LogP contribution is 2.26. The number of nitrogen functional groups attached to an aromatic ring is 1. The lowest BCUT2D eigenvalue weighted by Crippen LogP contribution is -2.05. The van der Waals surface area contributed by atoms with Crippen molar-refractivity contribution in [2.75, 3.05) is 20.0 Å². The van der Waals surface area contributed by atoms with E-state index < -0.39 is 5.97 Å². The number of hydrogen-bond acceptors (Lipinski definition) is 5. The van der Waals surface area contributed by atoms with Crippen LogP contribution >= 0.6 is 0 Å². The van der Waals surface area contributed by atoms with Crippen molar-refractivity contribution < 1.29 is 19.0 Å². The number of anilines is 1. The molecule has 5 heteroatoms. The number of carbonyl (C=O) groups excluding carboxylic acids is 1. The van der Waals surface area contributed by atoms with Crippen LogP contribution in [-0.4, -0.2) is 20.2 Å². The summed E-state index contributed by atoms with van der Waals surface area (Å²) in [5, 5.41) is 0. The van der Waals surface area contributed by atoms with Gasteiger partial charge < -0.3 is 19.9 Å². The van der Waals surface area contributed by atoms with Gasteiger partial charge in [-0.05, 0) is 42.5 Å². The van der Waals surface area contributed by atoms with Gasteiger partial charge in [-0.2, -0.15) is 0 Å². The van der Waals surface area contributed by atoms with E-state index in [2.05, 4.69) is 4.74 Å². The standard InChI is InChI=1S/C15H15NO4/c1-18-10-3-5-11(6-4-10)20-12-7-8-14(16)13(9-12)15(17)19-2/h3-9H,16H2,1-2H3. The van der Waals surface area contributed by atoms with Gasteiger partial charge in [-0.15, -0.1) is 0 Å². The van der Waals surface area contributed by atoms with Crippen molar-refractivity contribution in [2.45, 2.75) is 0 Å². The zero-order valence-corrected chi connectivity index (χ0v) is 11.3. The summed E-state index contributed by atoms with van der Waals surface area (Å²) in [4.78, 5) is 11.5. The van der Waals surface area contributed by atoms with Crippen LogP contribution in [-0.2, 0) is 4.74 Å². The van der Waals surface area contributed by atoms with E-state index in [4.69, 9.17) is 15.2 Å². The third kappa shape index (κ3) is 3.00. The lowest BCUT2D eigenvalue weighted by molar-refractivity contribution is 0.0601. The molecule has 0 radical (unpaired) electrons. The molecule has 0 amide bonds. The van der Waals surface area contributed by atoms with Gasteiger partial charge >= 0.3 is 5.97 Å². The maximum atomic E-state index is 11.5. The number of esters is 1. The molecule has 0 spiro atoms. The van der Waals surface area contributed by atoms with Crippen LogP contribution in [0.3, 0.4) is 0 Å². The number of hydrogen-bond donors (Lipinski definition) is 1. The summed E-state index contributed by atoms with van der Waals surface area (Å²) in [6.45, 7) is 0. The molecule has 0 saturated carbocycles. The molecule has 0 aromatic heterocycles. The van der Waals surface area contributed by atoms with Gasteiger partial charge in [0.25, 0.3) is 0 Å². The second kappa shape index (κ2) is 5.97. The molecule has 0 saturated heterocycles. The van der Waals surface area contributed by atoms with Crippen LogP contribution in [0.25, 0.3) is 0 Å². The van der Waals surface area contributed by atoms with Crippen molar-refractivity contribution in [3.63, 3.8) is 0 Å². The summed E-state index contributed by atoms with van der Waals surface area (Å²) < 4.78 is 15.4. The van der Waals surface area contributed by atoms with Crippen LogP contribution in [0.15, 0.2) is 42.5 Å². The Labute approximate surface area is 116 Å². The molecule has 0 heterocycles. The lowest BCUT2D eigenvalue weighted by Gasteiger charge is -2.09. The molecule has 20 heavy (non-hydrogen) atoms. The highest BCUT2D eigenvalue weighted by molar-refractivity contribution is 5.95. The first-order valence-electron chi connectivity index (χ1n) is 5.94. The number of benzene rings is 2. The van der Waals surface area contributed by atoms with Crippen molar-refractivity contribution in [3.05, 3.63) is 48.0 Å².